The van der Waals surface area contributed by atoms with Gasteiger partial charge in [0.25, 0.3) is 0 Å². The third-order valence-corrected chi connectivity index (χ3v) is 7.31. The molecule has 0 amide bonds. The SMILES string of the molecule is C=C(CCCCCCC(Br)C(Br)CCCCCCCC)C(=O)OC. The molecule has 2 unspecified atom stereocenters. The van der Waals surface area contributed by atoms with E-state index >= 15 is 0 Å². The van der Waals surface area contributed by atoms with Crippen molar-refractivity contribution in [2.24, 2.45) is 0 Å². The summed E-state index contributed by atoms with van der Waals surface area (Å²) in [7, 11) is 1.41. The van der Waals surface area contributed by atoms with Crippen molar-refractivity contribution >= 4 is 37.8 Å². The van der Waals surface area contributed by atoms with Crippen LogP contribution < -0.4 is 0 Å². The number of methoxy groups -OCH3 is 1. The zero-order chi connectivity index (χ0) is 18.2. The summed E-state index contributed by atoms with van der Waals surface area (Å²) in [5.41, 5.74) is 0.593. The van der Waals surface area contributed by atoms with Crippen LogP contribution in [0.25, 0.3) is 0 Å². The third kappa shape index (κ3) is 13.5. The van der Waals surface area contributed by atoms with Crippen LogP contribution in [0.2, 0.25) is 0 Å². The van der Waals surface area contributed by atoms with Crippen molar-refractivity contribution in [3.8, 4) is 0 Å². The largest absolute Gasteiger partial charge is 0.466 e. The summed E-state index contributed by atoms with van der Waals surface area (Å²) in [6, 6.07) is 0. The quantitative estimate of drug-likeness (QED) is 0.103. The van der Waals surface area contributed by atoms with Gasteiger partial charge in [0.1, 0.15) is 0 Å². The predicted molar refractivity (Wildman–Crippen MR) is 112 cm³/mol. The monoisotopic (exact) mass is 466 g/mol. The first-order valence-corrected chi connectivity index (χ1v) is 11.4. The molecule has 0 saturated heterocycles. The lowest BCUT2D eigenvalue weighted by Gasteiger charge is -2.16. The Labute approximate surface area is 166 Å². The summed E-state index contributed by atoms with van der Waals surface area (Å²) in [5.74, 6) is -0.271. The molecule has 0 radical (unpaired) electrons. The van der Waals surface area contributed by atoms with Gasteiger partial charge in [-0.25, -0.2) is 4.79 Å². The minimum atomic E-state index is -0.271. The number of carbonyl (C=O) groups is 1. The van der Waals surface area contributed by atoms with Crippen LogP contribution in [0.5, 0.6) is 0 Å². The maximum atomic E-state index is 11.2. The van der Waals surface area contributed by atoms with E-state index in [4.69, 9.17) is 0 Å². The minimum Gasteiger partial charge on any atom is -0.466 e. The van der Waals surface area contributed by atoms with Crippen LogP contribution >= 0.6 is 31.9 Å². The van der Waals surface area contributed by atoms with Gasteiger partial charge in [0.05, 0.1) is 7.11 Å². The molecule has 0 fully saturated rings. The Morgan fingerprint density at radius 2 is 1.33 bits per heavy atom. The molecule has 4 heteroatoms. The molecule has 142 valence electrons. The smallest absolute Gasteiger partial charge is 0.333 e. The highest BCUT2D eigenvalue weighted by atomic mass is 79.9. The lowest BCUT2D eigenvalue weighted by atomic mass is 10.0. The number of carbonyl (C=O) groups excluding carboxylic acids is 1. The van der Waals surface area contributed by atoms with E-state index in [-0.39, 0.29) is 5.97 Å². The van der Waals surface area contributed by atoms with Crippen molar-refractivity contribution in [3.05, 3.63) is 12.2 Å². The first-order chi connectivity index (χ1) is 11.5. The Morgan fingerprint density at radius 3 is 1.83 bits per heavy atom. The number of hydrogen-bond donors (Lipinski definition) is 0. The molecule has 2 nitrogen and oxygen atoms in total. The van der Waals surface area contributed by atoms with Crippen LogP contribution in [-0.2, 0) is 9.53 Å². The zero-order valence-electron chi connectivity index (χ0n) is 15.6. The highest BCUT2D eigenvalue weighted by molar-refractivity contribution is 9.12. The molecule has 0 heterocycles. The second-order valence-corrected chi connectivity index (χ2v) is 8.99. The van der Waals surface area contributed by atoms with Gasteiger partial charge in [-0.15, -0.1) is 0 Å². The van der Waals surface area contributed by atoms with Crippen molar-refractivity contribution < 1.29 is 9.53 Å². The molecule has 0 aromatic heterocycles. The molecule has 0 N–H and O–H groups in total. The molecule has 0 saturated carbocycles. The molecular formula is C20H36Br2O2. The average Bonchev–Trinajstić information content (AvgIpc) is 2.59. The first-order valence-electron chi connectivity index (χ1n) is 9.57. The van der Waals surface area contributed by atoms with Gasteiger partial charge in [-0.1, -0.05) is 103 Å². The number of esters is 1. The fraction of sp³-hybridized carbons (Fsp3) is 0.850. The van der Waals surface area contributed by atoms with Crippen LogP contribution in [0.3, 0.4) is 0 Å². The molecule has 0 bridgehead atoms. The Balaban J connectivity index is 3.52. The van der Waals surface area contributed by atoms with E-state index in [0.29, 0.717) is 15.2 Å². The fourth-order valence-electron chi connectivity index (χ4n) is 2.76. The number of alkyl halides is 2. The van der Waals surface area contributed by atoms with Crippen LogP contribution in [0.4, 0.5) is 0 Å². The Kier molecular flexibility index (Phi) is 16.7. The maximum absolute atomic E-state index is 11.2. The maximum Gasteiger partial charge on any atom is 0.333 e. The van der Waals surface area contributed by atoms with E-state index in [9.17, 15) is 4.79 Å². The zero-order valence-corrected chi connectivity index (χ0v) is 18.8. The molecule has 0 aliphatic heterocycles. The normalized spacial score (nSPS) is 13.5. The molecule has 0 aromatic rings. The predicted octanol–water partition coefficient (Wildman–Crippen LogP) is 7.33. The number of halogens is 2. The van der Waals surface area contributed by atoms with E-state index in [1.807, 2.05) is 0 Å². The summed E-state index contributed by atoms with van der Waals surface area (Å²) >= 11 is 7.68. The Morgan fingerprint density at radius 1 is 0.875 bits per heavy atom. The standard InChI is InChI=1S/C20H36Br2O2/c1-4-5-6-7-8-12-15-18(21)19(22)16-13-10-9-11-14-17(2)20(23)24-3/h18-19H,2,4-16H2,1,3H3. The summed E-state index contributed by atoms with van der Waals surface area (Å²) in [4.78, 5) is 12.4. The highest BCUT2D eigenvalue weighted by Gasteiger charge is 2.14. The molecule has 0 rings (SSSR count). The molecule has 0 aliphatic rings. The fourth-order valence-corrected chi connectivity index (χ4v) is 3.94. The summed E-state index contributed by atoms with van der Waals surface area (Å²) in [6.45, 7) is 6.02. The molecule has 24 heavy (non-hydrogen) atoms. The molecule has 2 atom stereocenters. The van der Waals surface area contributed by atoms with Gasteiger partial charge in [0, 0.05) is 15.2 Å². The van der Waals surface area contributed by atoms with Crippen molar-refractivity contribution in [1.82, 2.24) is 0 Å². The van der Waals surface area contributed by atoms with Crippen LogP contribution in [0.15, 0.2) is 12.2 Å². The second-order valence-electron chi connectivity index (χ2n) is 6.64. The van der Waals surface area contributed by atoms with Crippen LogP contribution in [-0.4, -0.2) is 22.7 Å². The second kappa shape index (κ2) is 16.6. The van der Waals surface area contributed by atoms with Crippen molar-refractivity contribution in [2.45, 2.75) is 100 Å². The van der Waals surface area contributed by atoms with Crippen molar-refractivity contribution in [1.29, 1.82) is 0 Å². The summed E-state index contributed by atoms with van der Waals surface area (Å²) in [6.07, 6.45) is 16.0. The van der Waals surface area contributed by atoms with Gasteiger partial charge in [-0.05, 0) is 25.7 Å². The topological polar surface area (TPSA) is 26.3 Å². The van der Waals surface area contributed by atoms with Crippen molar-refractivity contribution in [3.63, 3.8) is 0 Å². The van der Waals surface area contributed by atoms with Gasteiger partial charge in [0.15, 0.2) is 0 Å². The lowest BCUT2D eigenvalue weighted by Crippen LogP contribution is -2.13. The van der Waals surface area contributed by atoms with E-state index in [1.165, 1.54) is 71.3 Å². The molecular weight excluding hydrogens is 432 g/mol. The van der Waals surface area contributed by atoms with E-state index in [2.05, 4.69) is 50.1 Å². The highest BCUT2D eigenvalue weighted by Crippen LogP contribution is 2.25. The number of ether oxygens (including phenoxy) is 1. The van der Waals surface area contributed by atoms with Gasteiger partial charge in [-0.2, -0.15) is 0 Å². The van der Waals surface area contributed by atoms with Gasteiger partial charge < -0.3 is 4.74 Å². The Hall–Kier alpha value is 0.170. The molecule has 0 aromatic carbocycles. The summed E-state index contributed by atoms with van der Waals surface area (Å²) < 4.78 is 4.66. The van der Waals surface area contributed by atoms with E-state index in [1.54, 1.807) is 0 Å². The minimum absolute atomic E-state index is 0.271. The molecule has 0 spiro atoms. The average molecular weight is 468 g/mol. The molecule has 0 aliphatic carbocycles. The van der Waals surface area contributed by atoms with E-state index in [0.717, 1.165) is 19.3 Å². The number of hydrogen-bond acceptors (Lipinski definition) is 2. The van der Waals surface area contributed by atoms with Gasteiger partial charge in [-0.3, -0.25) is 0 Å². The number of unbranched alkanes of at least 4 members (excludes halogenated alkanes) is 8. The van der Waals surface area contributed by atoms with Gasteiger partial charge >= 0.3 is 5.97 Å². The van der Waals surface area contributed by atoms with Crippen LogP contribution in [0, 0.1) is 0 Å². The first kappa shape index (κ1) is 24.2. The Bertz CT molecular complexity index is 332. The third-order valence-electron chi connectivity index (χ3n) is 4.41. The number of rotatable bonds is 16. The van der Waals surface area contributed by atoms with Gasteiger partial charge in [0.2, 0.25) is 0 Å². The lowest BCUT2D eigenvalue weighted by molar-refractivity contribution is -0.136. The van der Waals surface area contributed by atoms with E-state index < -0.39 is 0 Å². The van der Waals surface area contributed by atoms with Crippen molar-refractivity contribution in [2.75, 3.05) is 7.11 Å². The van der Waals surface area contributed by atoms with Crippen LogP contribution in [0.1, 0.15) is 90.4 Å². The summed E-state index contributed by atoms with van der Waals surface area (Å²) in [5, 5.41) is 0.